The summed E-state index contributed by atoms with van der Waals surface area (Å²) in [5.41, 5.74) is 3.00. The van der Waals surface area contributed by atoms with Crippen molar-refractivity contribution in [3.8, 4) is 28.0 Å². The maximum atomic E-state index is 15.0. The van der Waals surface area contributed by atoms with Crippen LogP contribution in [-0.2, 0) is 12.8 Å². The quantitative estimate of drug-likeness (QED) is 0.184. The van der Waals surface area contributed by atoms with Gasteiger partial charge in [0.15, 0.2) is 23.2 Å². The average molecular weight is 507 g/mol. The Labute approximate surface area is 213 Å². The van der Waals surface area contributed by atoms with E-state index in [-0.39, 0.29) is 35.5 Å². The molecule has 0 aromatic heterocycles. The molecule has 0 aliphatic heterocycles. The summed E-state index contributed by atoms with van der Waals surface area (Å²) in [6.07, 6.45) is 1.49. The molecule has 37 heavy (non-hydrogen) atoms. The highest BCUT2D eigenvalue weighted by Gasteiger charge is 2.17. The fourth-order valence-corrected chi connectivity index (χ4v) is 4.09. The van der Waals surface area contributed by atoms with Crippen LogP contribution in [-0.4, -0.2) is 11.7 Å². The third kappa shape index (κ3) is 5.75. The molecule has 0 bridgehead atoms. The maximum absolute atomic E-state index is 15.0. The van der Waals surface area contributed by atoms with E-state index in [4.69, 9.17) is 4.74 Å². The SMILES string of the molecule is C=CCOc1ccc(CCc2ccc(-c3ccc(-c4ccc(C(C)O)cc4)c(F)c3F)cc2)c(F)c1F. The number of benzene rings is 4. The minimum Gasteiger partial charge on any atom is -0.486 e. The third-order valence-corrected chi connectivity index (χ3v) is 6.22. The monoisotopic (exact) mass is 506 g/mol. The second-order valence-corrected chi connectivity index (χ2v) is 8.73. The zero-order valence-corrected chi connectivity index (χ0v) is 20.3. The van der Waals surface area contributed by atoms with E-state index >= 15 is 0 Å². The van der Waals surface area contributed by atoms with Crippen molar-refractivity contribution in [2.45, 2.75) is 25.9 Å². The summed E-state index contributed by atoms with van der Waals surface area (Å²) >= 11 is 0. The number of halogens is 4. The van der Waals surface area contributed by atoms with Gasteiger partial charge in [-0.15, -0.1) is 0 Å². The lowest BCUT2D eigenvalue weighted by Crippen LogP contribution is -2.02. The lowest BCUT2D eigenvalue weighted by atomic mass is 9.96. The molecule has 0 saturated heterocycles. The number of aliphatic hydroxyl groups is 1. The molecular weight excluding hydrogens is 480 g/mol. The molecule has 4 aromatic rings. The van der Waals surface area contributed by atoms with Gasteiger partial charge in [-0.1, -0.05) is 79.4 Å². The Kier molecular flexibility index (Phi) is 8.09. The molecule has 0 saturated carbocycles. The van der Waals surface area contributed by atoms with E-state index in [1.807, 2.05) is 0 Å². The maximum Gasteiger partial charge on any atom is 0.200 e. The summed E-state index contributed by atoms with van der Waals surface area (Å²) in [6.45, 7) is 5.19. The van der Waals surface area contributed by atoms with Crippen LogP contribution in [0.15, 0.2) is 85.5 Å². The van der Waals surface area contributed by atoms with Crippen LogP contribution >= 0.6 is 0 Å². The van der Waals surface area contributed by atoms with Crippen molar-refractivity contribution < 1.29 is 27.4 Å². The number of aliphatic hydroxyl groups excluding tert-OH is 1. The average Bonchev–Trinajstić information content (AvgIpc) is 2.91. The molecule has 0 aliphatic carbocycles. The van der Waals surface area contributed by atoms with Gasteiger partial charge in [0.2, 0.25) is 5.82 Å². The number of hydrogen-bond acceptors (Lipinski definition) is 2. The van der Waals surface area contributed by atoms with Gasteiger partial charge < -0.3 is 9.84 Å². The Morgan fingerprint density at radius 2 is 1.30 bits per heavy atom. The van der Waals surface area contributed by atoms with E-state index in [0.717, 1.165) is 5.56 Å². The largest absolute Gasteiger partial charge is 0.486 e. The van der Waals surface area contributed by atoms with Crippen LogP contribution in [0, 0.1) is 23.3 Å². The highest BCUT2D eigenvalue weighted by molar-refractivity contribution is 5.72. The molecule has 1 atom stereocenters. The first kappa shape index (κ1) is 26.2. The Hall–Kier alpha value is -3.90. The summed E-state index contributed by atoms with van der Waals surface area (Å²) in [4.78, 5) is 0. The van der Waals surface area contributed by atoms with Crippen LogP contribution in [0.1, 0.15) is 29.7 Å². The summed E-state index contributed by atoms with van der Waals surface area (Å²) in [7, 11) is 0. The normalized spacial score (nSPS) is 11.8. The standard InChI is InChI=1S/C31H26F4O2/c1-3-18-37-27-17-14-24(28(32)31(27)35)9-6-20-4-7-22(8-5-20)25-15-16-26(30(34)29(25)33)23-12-10-21(11-13-23)19(2)36/h3-5,7-8,10-17,19,36H,1,6,9,18H2,2H3. The van der Waals surface area contributed by atoms with Crippen LogP contribution < -0.4 is 4.74 Å². The van der Waals surface area contributed by atoms with E-state index in [1.165, 1.54) is 30.3 Å². The van der Waals surface area contributed by atoms with E-state index in [9.17, 15) is 22.7 Å². The lowest BCUT2D eigenvalue weighted by molar-refractivity contribution is 0.199. The zero-order valence-electron chi connectivity index (χ0n) is 20.3. The van der Waals surface area contributed by atoms with Gasteiger partial charge in [0.1, 0.15) is 6.61 Å². The van der Waals surface area contributed by atoms with E-state index < -0.39 is 29.4 Å². The van der Waals surface area contributed by atoms with Crippen molar-refractivity contribution in [3.63, 3.8) is 0 Å². The molecule has 4 rings (SSSR count). The number of hydrogen-bond donors (Lipinski definition) is 1. The molecule has 0 amide bonds. The molecule has 0 heterocycles. The minimum absolute atomic E-state index is 0.0757. The highest BCUT2D eigenvalue weighted by atomic mass is 19.2. The smallest absolute Gasteiger partial charge is 0.200 e. The van der Waals surface area contributed by atoms with Crippen LogP contribution in [0.5, 0.6) is 5.75 Å². The van der Waals surface area contributed by atoms with Gasteiger partial charge >= 0.3 is 0 Å². The minimum atomic E-state index is -1.03. The van der Waals surface area contributed by atoms with Crippen molar-refractivity contribution >= 4 is 0 Å². The van der Waals surface area contributed by atoms with Gasteiger partial charge in [0, 0.05) is 11.1 Å². The number of aryl methyl sites for hydroxylation is 2. The van der Waals surface area contributed by atoms with Crippen molar-refractivity contribution in [1.82, 2.24) is 0 Å². The second-order valence-electron chi connectivity index (χ2n) is 8.73. The lowest BCUT2D eigenvalue weighted by Gasteiger charge is -2.11. The van der Waals surface area contributed by atoms with E-state index in [2.05, 4.69) is 6.58 Å². The van der Waals surface area contributed by atoms with Crippen LogP contribution in [0.3, 0.4) is 0 Å². The molecule has 190 valence electrons. The van der Waals surface area contributed by atoms with Gasteiger partial charge in [-0.2, -0.15) is 4.39 Å². The van der Waals surface area contributed by atoms with Crippen LogP contribution in [0.25, 0.3) is 22.3 Å². The summed E-state index contributed by atoms with van der Waals surface area (Å²) in [5, 5.41) is 9.64. The number of ether oxygens (including phenoxy) is 1. The molecule has 6 heteroatoms. The van der Waals surface area contributed by atoms with E-state index in [1.54, 1.807) is 55.5 Å². The Balaban J connectivity index is 1.48. The van der Waals surface area contributed by atoms with Crippen molar-refractivity contribution in [3.05, 3.63) is 125 Å². The van der Waals surface area contributed by atoms with Gasteiger partial charge in [0.25, 0.3) is 0 Å². The summed E-state index contributed by atoms with van der Waals surface area (Å²) in [5.74, 6) is -4.06. The van der Waals surface area contributed by atoms with Crippen molar-refractivity contribution in [2.75, 3.05) is 6.61 Å². The second kappa shape index (κ2) is 11.4. The summed E-state index contributed by atoms with van der Waals surface area (Å²) < 4.78 is 63.6. The molecule has 2 nitrogen and oxygen atoms in total. The fourth-order valence-electron chi connectivity index (χ4n) is 4.09. The molecule has 4 aromatic carbocycles. The highest BCUT2D eigenvalue weighted by Crippen LogP contribution is 2.32. The molecule has 0 radical (unpaired) electrons. The molecule has 1 unspecified atom stereocenters. The first-order chi connectivity index (χ1) is 17.8. The van der Waals surface area contributed by atoms with Crippen LogP contribution in [0.4, 0.5) is 17.6 Å². The third-order valence-electron chi connectivity index (χ3n) is 6.22. The Bertz CT molecular complexity index is 1390. The van der Waals surface area contributed by atoms with Gasteiger partial charge in [-0.25, -0.2) is 13.2 Å². The first-order valence-electron chi connectivity index (χ1n) is 11.9. The topological polar surface area (TPSA) is 29.5 Å². The molecule has 1 N–H and O–H groups in total. The van der Waals surface area contributed by atoms with Crippen molar-refractivity contribution in [2.24, 2.45) is 0 Å². The molecule has 0 aliphatic rings. The van der Waals surface area contributed by atoms with Gasteiger partial charge in [0.05, 0.1) is 6.10 Å². The number of rotatable bonds is 9. The predicted octanol–water partition coefficient (Wildman–Crippen LogP) is 7.98. The first-order valence-corrected chi connectivity index (χ1v) is 11.9. The fraction of sp³-hybridized carbons (Fsp3) is 0.161. The van der Waals surface area contributed by atoms with Crippen LogP contribution in [0.2, 0.25) is 0 Å². The molecular formula is C31H26F4O2. The van der Waals surface area contributed by atoms with Gasteiger partial charge in [-0.3, -0.25) is 0 Å². The molecule has 0 spiro atoms. The Morgan fingerprint density at radius 1 is 0.730 bits per heavy atom. The Morgan fingerprint density at radius 3 is 1.84 bits per heavy atom. The zero-order chi connectivity index (χ0) is 26.5. The summed E-state index contributed by atoms with van der Waals surface area (Å²) in [6, 6.07) is 19.4. The van der Waals surface area contributed by atoms with E-state index in [0.29, 0.717) is 23.1 Å². The van der Waals surface area contributed by atoms with Gasteiger partial charge in [-0.05, 0) is 53.6 Å². The predicted molar refractivity (Wildman–Crippen MR) is 137 cm³/mol. The van der Waals surface area contributed by atoms with Crippen molar-refractivity contribution in [1.29, 1.82) is 0 Å². The molecule has 0 fully saturated rings.